The number of hydrogen-bond acceptors (Lipinski definition) is 5. The van der Waals surface area contributed by atoms with Crippen LogP contribution in [0.3, 0.4) is 0 Å². The molecular weight excluding hydrogens is 272 g/mol. The van der Waals surface area contributed by atoms with E-state index < -0.39 is 5.56 Å². The minimum atomic E-state index is -0.744. The van der Waals surface area contributed by atoms with Crippen LogP contribution in [0.25, 0.3) is 22.2 Å². The van der Waals surface area contributed by atoms with Gasteiger partial charge in [-0.1, -0.05) is 12.1 Å². The molecule has 0 aliphatic carbocycles. The fourth-order valence-corrected chi connectivity index (χ4v) is 2.23. The van der Waals surface area contributed by atoms with Crippen LogP contribution in [0.5, 0.6) is 11.5 Å². The molecule has 21 heavy (non-hydrogen) atoms. The largest absolute Gasteiger partial charge is 0.506 e. The van der Waals surface area contributed by atoms with E-state index in [-0.39, 0.29) is 22.3 Å². The van der Waals surface area contributed by atoms with Crippen LogP contribution in [0.1, 0.15) is 0 Å². The third kappa shape index (κ3) is 1.97. The van der Waals surface area contributed by atoms with E-state index in [1.807, 2.05) is 0 Å². The molecule has 6 heteroatoms. The van der Waals surface area contributed by atoms with Gasteiger partial charge in [-0.25, -0.2) is 4.98 Å². The SMILES string of the molecule is COc1cccc(-c2c(O)c3cccnc3n(O)c2=O)c1. The number of aromatic hydroxyl groups is 1. The molecule has 0 bridgehead atoms. The number of benzene rings is 1. The summed E-state index contributed by atoms with van der Waals surface area (Å²) >= 11 is 0. The Morgan fingerprint density at radius 3 is 2.81 bits per heavy atom. The maximum Gasteiger partial charge on any atom is 0.296 e. The lowest BCUT2D eigenvalue weighted by Crippen LogP contribution is -2.20. The lowest BCUT2D eigenvalue weighted by molar-refractivity contribution is 0.186. The Labute approximate surface area is 119 Å². The van der Waals surface area contributed by atoms with Gasteiger partial charge in [-0.3, -0.25) is 4.79 Å². The molecule has 0 spiro atoms. The lowest BCUT2D eigenvalue weighted by atomic mass is 10.0. The minimum Gasteiger partial charge on any atom is -0.506 e. The first kappa shape index (κ1) is 13.0. The molecule has 1 aromatic carbocycles. The Balaban J connectivity index is 2.40. The Bertz CT molecular complexity index is 886. The van der Waals surface area contributed by atoms with Crippen molar-refractivity contribution >= 4 is 11.0 Å². The number of methoxy groups -OCH3 is 1. The summed E-state index contributed by atoms with van der Waals surface area (Å²) in [5, 5.41) is 20.6. The van der Waals surface area contributed by atoms with Gasteiger partial charge in [0.25, 0.3) is 5.56 Å². The molecule has 2 N–H and O–H groups in total. The highest BCUT2D eigenvalue weighted by Crippen LogP contribution is 2.33. The van der Waals surface area contributed by atoms with E-state index in [0.717, 1.165) is 0 Å². The maximum absolute atomic E-state index is 12.3. The Morgan fingerprint density at radius 1 is 1.24 bits per heavy atom. The van der Waals surface area contributed by atoms with Gasteiger partial charge in [0.2, 0.25) is 0 Å². The minimum absolute atomic E-state index is 0.00287. The van der Waals surface area contributed by atoms with E-state index in [0.29, 0.717) is 16.0 Å². The summed E-state index contributed by atoms with van der Waals surface area (Å²) in [6.07, 6.45) is 1.43. The van der Waals surface area contributed by atoms with Gasteiger partial charge in [-0.15, -0.1) is 4.73 Å². The topological polar surface area (TPSA) is 84.6 Å². The summed E-state index contributed by atoms with van der Waals surface area (Å²) in [6, 6.07) is 9.87. The molecule has 0 atom stereocenters. The Morgan fingerprint density at radius 2 is 2.05 bits per heavy atom. The smallest absolute Gasteiger partial charge is 0.296 e. The second kappa shape index (κ2) is 4.82. The molecule has 2 aromatic heterocycles. The van der Waals surface area contributed by atoms with Crippen LogP contribution in [-0.4, -0.2) is 27.1 Å². The van der Waals surface area contributed by atoms with Crippen molar-refractivity contribution in [2.45, 2.75) is 0 Å². The third-order valence-corrected chi connectivity index (χ3v) is 3.24. The zero-order chi connectivity index (χ0) is 15.0. The summed E-state index contributed by atoms with van der Waals surface area (Å²) in [5.41, 5.74) is -0.291. The maximum atomic E-state index is 12.3. The van der Waals surface area contributed by atoms with Crippen molar-refractivity contribution in [3.63, 3.8) is 0 Å². The molecule has 0 aliphatic heterocycles. The molecule has 0 saturated heterocycles. The van der Waals surface area contributed by atoms with Crippen molar-refractivity contribution in [1.82, 2.24) is 9.71 Å². The van der Waals surface area contributed by atoms with E-state index in [2.05, 4.69) is 4.98 Å². The summed E-state index contributed by atoms with van der Waals surface area (Å²) in [6.45, 7) is 0. The van der Waals surface area contributed by atoms with Crippen LogP contribution < -0.4 is 10.3 Å². The van der Waals surface area contributed by atoms with Crippen molar-refractivity contribution in [3.8, 4) is 22.6 Å². The Hall–Kier alpha value is -3.02. The predicted octanol–water partition coefficient (Wildman–Crippen LogP) is 2.01. The number of aromatic nitrogens is 2. The molecule has 0 amide bonds. The third-order valence-electron chi connectivity index (χ3n) is 3.24. The first-order chi connectivity index (χ1) is 10.1. The second-order valence-corrected chi connectivity index (χ2v) is 4.45. The molecule has 0 saturated carbocycles. The van der Waals surface area contributed by atoms with Crippen molar-refractivity contribution in [2.75, 3.05) is 7.11 Å². The molecule has 0 fully saturated rings. The van der Waals surface area contributed by atoms with Gasteiger partial charge in [0.05, 0.1) is 18.1 Å². The molecular formula is C15H12N2O4. The highest BCUT2D eigenvalue weighted by Gasteiger charge is 2.18. The fraction of sp³-hybridized carbons (Fsp3) is 0.0667. The van der Waals surface area contributed by atoms with Gasteiger partial charge in [0, 0.05) is 6.20 Å². The quantitative estimate of drug-likeness (QED) is 0.703. The number of hydrogen-bond donors (Lipinski definition) is 2. The standard InChI is InChI=1S/C15H12N2O4/c1-21-10-5-2-4-9(8-10)12-13(18)11-6-3-7-16-14(11)17(20)15(12)19/h2-8,18,20H,1H3. The number of rotatable bonds is 2. The number of fused-ring (bicyclic) bond motifs is 1. The molecule has 0 aliphatic rings. The van der Waals surface area contributed by atoms with E-state index in [1.165, 1.54) is 13.3 Å². The fourth-order valence-electron chi connectivity index (χ4n) is 2.23. The molecule has 0 unspecified atom stereocenters. The number of pyridine rings is 2. The zero-order valence-electron chi connectivity index (χ0n) is 11.1. The van der Waals surface area contributed by atoms with Crippen LogP contribution in [0.2, 0.25) is 0 Å². The van der Waals surface area contributed by atoms with E-state index in [1.54, 1.807) is 36.4 Å². The Kier molecular flexibility index (Phi) is 2.98. The van der Waals surface area contributed by atoms with Crippen LogP contribution in [0.15, 0.2) is 47.4 Å². The van der Waals surface area contributed by atoms with Gasteiger partial charge in [0.15, 0.2) is 5.65 Å². The van der Waals surface area contributed by atoms with Crippen molar-refractivity contribution in [3.05, 3.63) is 52.9 Å². The first-order valence-electron chi connectivity index (χ1n) is 6.20. The van der Waals surface area contributed by atoms with Gasteiger partial charge >= 0.3 is 0 Å². The summed E-state index contributed by atoms with van der Waals surface area (Å²) in [5.74, 6) is 0.323. The molecule has 3 rings (SSSR count). The summed E-state index contributed by atoms with van der Waals surface area (Å²) < 4.78 is 5.54. The molecule has 3 aromatic rings. The highest BCUT2D eigenvalue weighted by molar-refractivity contribution is 5.89. The first-order valence-corrected chi connectivity index (χ1v) is 6.20. The monoisotopic (exact) mass is 284 g/mol. The normalized spacial score (nSPS) is 10.7. The lowest BCUT2D eigenvalue weighted by Gasteiger charge is -2.10. The number of nitrogens with zero attached hydrogens (tertiary/aromatic N) is 2. The van der Waals surface area contributed by atoms with Gasteiger partial charge < -0.3 is 15.1 Å². The van der Waals surface area contributed by atoms with Crippen LogP contribution >= 0.6 is 0 Å². The van der Waals surface area contributed by atoms with E-state index in [9.17, 15) is 15.1 Å². The van der Waals surface area contributed by atoms with E-state index in [4.69, 9.17) is 4.74 Å². The average Bonchev–Trinajstić information content (AvgIpc) is 2.53. The average molecular weight is 284 g/mol. The molecule has 6 nitrogen and oxygen atoms in total. The summed E-state index contributed by atoms with van der Waals surface area (Å²) in [7, 11) is 1.51. The molecule has 0 radical (unpaired) electrons. The van der Waals surface area contributed by atoms with Crippen LogP contribution in [0.4, 0.5) is 0 Å². The predicted molar refractivity (Wildman–Crippen MR) is 76.8 cm³/mol. The van der Waals surface area contributed by atoms with Crippen LogP contribution in [-0.2, 0) is 0 Å². The second-order valence-electron chi connectivity index (χ2n) is 4.45. The summed E-state index contributed by atoms with van der Waals surface area (Å²) in [4.78, 5) is 16.2. The number of ether oxygens (including phenoxy) is 1. The molecule has 2 heterocycles. The van der Waals surface area contributed by atoms with Crippen molar-refractivity contribution in [2.24, 2.45) is 0 Å². The van der Waals surface area contributed by atoms with Crippen molar-refractivity contribution in [1.29, 1.82) is 0 Å². The van der Waals surface area contributed by atoms with Crippen LogP contribution in [0, 0.1) is 0 Å². The zero-order valence-corrected chi connectivity index (χ0v) is 11.1. The highest BCUT2D eigenvalue weighted by atomic mass is 16.5. The molecule has 106 valence electrons. The van der Waals surface area contributed by atoms with Crippen molar-refractivity contribution < 1.29 is 15.1 Å². The van der Waals surface area contributed by atoms with Gasteiger partial charge in [0.1, 0.15) is 11.5 Å². The van der Waals surface area contributed by atoms with E-state index >= 15 is 0 Å². The van der Waals surface area contributed by atoms with Gasteiger partial charge in [-0.2, -0.15) is 0 Å². The van der Waals surface area contributed by atoms with Gasteiger partial charge in [-0.05, 0) is 29.8 Å².